The lowest BCUT2D eigenvalue weighted by molar-refractivity contribution is 0.0947. The first-order chi connectivity index (χ1) is 14.1. The Labute approximate surface area is 171 Å². The number of ether oxygens (including phenoxy) is 1. The van der Waals surface area contributed by atoms with Crippen LogP contribution in [-0.2, 0) is 6.61 Å². The second kappa shape index (κ2) is 10.2. The summed E-state index contributed by atoms with van der Waals surface area (Å²) in [5.41, 5.74) is 2.27. The Morgan fingerprint density at radius 2 is 1.79 bits per heavy atom. The van der Waals surface area contributed by atoms with E-state index >= 15 is 0 Å². The zero-order valence-corrected chi connectivity index (χ0v) is 16.8. The van der Waals surface area contributed by atoms with E-state index in [-0.39, 0.29) is 5.91 Å². The van der Waals surface area contributed by atoms with Crippen molar-refractivity contribution in [1.82, 2.24) is 15.3 Å². The molecule has 0 saturated carbocycles. The van der Waals surface area contributed by atoms with Crippen LogP contribution in [0, 0.1) is 5.92 Å². The number of carbonyl (C=O) groups excluding carboxylic acids is 1. The lowest BCUT2D eigenvalue weighted by Gasteiger charge is -2.10. The highest BCUT2D eigenvalue weighted by molar-refractivity contribution is 5.92. The Morgan fingerprint density at radius 1 is 1.03 bits per heavy atom. The third kappa shape index (κ3) is 6.60. The summed E-state index contributed by atoms with van der Waals surface area (Å²) in [5, 5.41) is 6.00. The van der Waals surface area contributed by atoms with Gasteiger partial charge in [-0.2, -0.15) is 0 Å². The van der Waals surface area contributed by atoms with Crippen molar-refractivity contribution in [2.24, 2.45) is 5.92 Å². The summed E-state index contributed by atoms with van der Waals surface area (Å²) in [5.74, 6) is 1.50. The Morgan fingerprint density at radius 3 is 2.52 bits per heavy atom. The summed E-state index contributed by atoms with van der Waals surface area (Å²) in [6.45, 7) is 5.39. The standard InChI is InChI=1S/C23H26N4O2/c1-17(2)12-14-24-22(28)21-13-15-25-23(27-21)26-19-8-10-20(11-9-19)29-16-18-6-4-3-5-7-18/h3-11,13,15,17H,12,14,16H2,1-2H3,(H,24,28)(H,25,26,27). The average Bonchev–Trinajstić information content (AvgIpc) is 2.74. The number of nitrogens with one attached hydrogen (secondary N) is 2. The summed E-state index contributed by atoms with van der Waals surface area (Å²) < 4.78 is 5.79. The fourth-order valence-electron chi connectivity index (χ4n) is 2.61. The molecule has 1 heterocycles. The minimum atomic E-state index is -0.194. The second-order valence-corrected chi connectivity index (χ2v) is 7.13. The molecule has 29 heavy (non-hydrogen) atoms. The molecule has 2 N–H and O–H groups in total. The molecule has 0 atom stereocenters. The molecular weight excluding hydrogens is 364 g/mol. The number of hydrogen-bond acceptors (Lipinski definition) is 5. The van der Waals surface area contributed by atoms with E-state index in [1.807, 2.05) is 54.6 Å². The summed E-state index contributed by atoms with van der Waals surface area (Å²) in [6.07, 6.45) is 2.50. The van der Waals surface area contributed by atoms with Gasteiger partial charge in [0.25, 0.3) is 5.91 Å². The molecule has 1 aromatic heterocycles. The van der Waals surface area contributed by atoms with E-state index in [0.29, 0.717) is 30.7 Å². The number of hydrogen-bond donors (Lipinski definition) is 2. The van der Waals surface area contributed by atoms with Crippen molar-refractivity contribution in [3.63, 3.8) is 0 Å². The topological polar surface area (TPSA) is 76.1 Å². The van der Waals surface area contributed by atoms with Crippen molar-refractivity contribution in [3.05, 3.63) is 78.1 Å². The molecular formula is C23H26N4O2. The fourth-order valence-corrected chi connectivity index (χ4v) is 2.61. The van der Waals surface area contributed by atoms with Crippen LogP contribution < -0.4 is 15.4 Å². The first kappa shape index (κ1) is 20.3. The lowest BCUT2D eigenvalue weighted by Crippen LogP contribution is -2.26. The Bertz CT molecular complexity index is 912. The molecule has 6 heteroatoms. The van der Waals surface area contributed by atoms with Crippen molar-refractivity contribution >= 4 is 17.5 Å². The molecule has 0 radical (unpaired) electrons. The minimum Gasteiger partial charge on any atom is -0.489 e. The molecule has 1 amide bonds. The number of carbonyl (C=O) groups is 1. The molecule has 150 valence electrons. The van der Waals surface area contributed by atoms with E-state index in [9.17, 15) is 4.79 Å². The predicted molar refractivity (Wildman–Crippen MR) is 114 cm³/mol. The van der Waals surface area contributed by atoms with E-state index in [2.05, 4.69) is 34.4 Å². The van der Waals surface area contributed by atoms with Gasteiger partial charge in [0.2, 0.25) is 5.95 Å². The normalized spacial score (nSPS) is 10.6. The molecule has 0 aliphatic carbocycles. The maximum atomic E-state index is 12.2. The molecule has 0 spiro atoms. The van der Waals surface area contributed by atoms with Crippen molar-refractivity contribution in [2.45, 2.75) is 26.9 Å². The van der Waals surface area contributed by atoms with Gasteiger partial charge in [0.05, 0.1) is 0 Å². The van der Waals surface area contributed by atoms with Gasteiger partial charge in [-0.05, 0) is 48.2 Å². The summed E-state index contributed by atoms with van der Waals surface area (Å²) in [4.78, 5) is 20.7. The first-order valence-corrected chi connectivity index (χ1v) is 9.75. The predicted octanol–water partition coefficient (Wildman–Crippen LogP) is 4.58. The fraction of sp³-hybridized carbons (Fsp3) is 0.261. The quantitative estimate of drug-likeness (QED) is 0.559. The van der Waals surface area contributed by atoms with Crippen LogP contribution >= 0.6 is 0 Å². The third-order valence-corrected chi connectivity index (χ3v) is 4.25. The van der Waals surface area contributed by atoms with Gasteiger partial charge in [-0.3, -0.25) is 4.79 Å². The summed E-state index contributed by atoms with van der Waals surface area (Å²) in [6, 6.07) is 19.2. The third-order valence-electron chi connectivity index (χ3n) is 4.25. The molecule has 3 rings (SSSR count). The van der Waals surface area contributed by atoms with Crippen molar-refractivity contribution in [2.75, 3.05) is 11.9 Å². The van der Waals surface area contributed by atoms with Gasteiger partial charge in [-0.25, -0.2) is 9.97 Å². The van der Waals surface area contributed by atoms with Crippen molar-refractivity contribution in [1.29, 1.82) is 0 Å². The zero-order valence-electron chi connectivity index (χ0n) is 16.8. The smallest absolute Gasteiger partial charge is 0.270 e. The van der Waals surface area contributed by atoms with Crippen LogP contribution in [0.15, 0.2) is 66.9 Å². The van der Waals surface area contributed by atoms with Gasteiger partial charge in [0, 0.05) is 18.4 Å². The molecule has 6 nitrogen and oxygen atoms in total. The van der Waals surface area contributed by atoms with Crippen LogP contribution in [-0.4, -0.2) is 22.4 Å². The maximum absolute atomic E-state index is 12.2. The Hall–Kier alpha value is -3.41. The molecule has 2 aromatic carbocycles. The number of amides is 1. The van der Waals surface area contributed by atoms with E-state index < -0.39 is 0 Å². The molecule has 0 aliphatic heterocycles. The number of rotatable bonds is 9. The highest BCUT2D eigenvalue weighted by atomic mass is 16.5. The SMILES string of the molecule is CC(C)CCNC(=O)c1ccnc(Nc2ccc(OCc3ccccc3)cc2)n1. The highest BCUT2D eigenvalue weighted by Crippen LogP contribution is 2.19. The highest BCUT2D eigenvalue weighted by Gasteiger charge is 2.09. The van der Waals surface area contributed by atoms with Crippen molar-refractivity contribution < 1.29 is 9.53 Å². The minimum absolute atomic E-state index is 0.194. The van der Waals surface area contributed by atoms with E-state index in [1.165, 1.54) is 0 Å². The summed E-state index contributed by atoms with van der Waals surface area (Å²) >= 11 is 0. The second-order valence-electron chi connectivity index (χ2n) is 7.13. The van der Waals surface area contributed by atoms with Crippen LogP contribution in [0.2, 0.25) is 0 Å². The Kier molecular flexibility index (Phi) is 7.16. The van der Waals surface area contributed by atoms with Crippen LogP contribution in [0.4, 0.5) is 11.6 Å². The van der Waals surface area contributed by atoms with Gasteiger partial charge in [0.1, 0.15) is 18.1 Å². The van der Waals surface area contributed by atoms with E-state index in [0.717, 1.165) is 23.4 Å². The number of aromatic nitrogens is 2. The lowest BCUT2D eigenvalue weighted by atomic mass is 10.1. The molecule has 0 saturated heterocycles. The Balaban J connectivity index is 1.55. The number of benzene rings is 2. The number of nitrogens with zero attached hydrogens (tertiary/aromatic N) is 2. The maximum Gasteiger partial charge on any atom is 0.270 e. The van der Waals surface area contributed by atoms with Gasteiger partial charge in [0.15, 0.2) is 0 Å². The van der Waals surface area contributed by atoms with E-state index in [4.69, 9.17) is 4.74 Å². The first-order valence-electron chi connectivity index (χ1n) is 9.75. The number of anilines is 2. The molecule has 0 fully saturated rings. The van der Waals surface area contributed by atoms with Gasteiger partial charge >= 0.3 is 0 Å². The monoisotopic (exact) mass is 390 g/mol. The van der Waals surface area contributed by atoms with Crippen LogP contribution in [0.25, 0.3) is 0 Å². The van der Waals surface area contributed by atoms with Gasteiger partial charge in [-0.15, -0.1) is 0 Å². The van der Waals surface area contributed by atoms with Crippen LogP contribution in [0.5, 0.6) is 5.75 Å². The molecule has 0 unspecified atom stereocenters. The largest absolute Gasteiger partial charge is 0.489 e. The van der Waals surface area contributed by atoms with Crippen LogP contribution in [0.3, 0.4) is 0 Å². The summed E-state index contributed by atoms with van der Waals surface area (Å²) in [7, 11) is 0. The average molecular weight is 390 g/mol. The molecule has 3 aromatic rings. The molecule has 0 bridgehead atoms. The van der Waals surface area contributed by atoms with Crippen LogP contribution in [0.1, 0.15) is 36.3 Å². The molecule has 0 aliphatic rings. The van der Waals surface area contributed by atoms with Crippen molar-refractivity contribution in [3.8, 4) is 5.75 Å². The van der Waals surface area contributed by atoms with Gasteiger partial charge < -0.3 is 15.4 Å². The van der Waals surface area contributed by atoms with E-state index in [1.54, 1.807) is 12.3 Å². The van der Waals surface area contributed by atoms with Gasteiger partial charge in [-0.1, -0.05) is 44.2 Å². The zero-order chi connectivity index (χ0) is 20.5.